The molecule has 0 bridgehead atoms. The van der Waals surface area contributed by atoms with Gasteiger partial charge in [0.2, 0.25) is 17.7 Å². The van der Waals surface area contributed by atoms with Crippen LogP contribution >= 0.6 is 47.5 Å². The van der Waals surface area contributed by atoms with Gasteiger partial charge in [0.1, 0.15) is 36.4 Å². The van der Waals surface area contributed by atoms with Crippen LogP contribution < -0.4 is 5.32 Å². The van der Waals surface area contributed by atoms with Crippen molar-refractivity contribution in [1.82, 2.24) is 10.2 Å². The molecule has 19 heteroatoms. The number of benzene rings is 1. The molecule has 0 aromatic heterocycles. The number of nitrogens with zero attached hydrogens (tertiary/aromatic N) is 3. The summed E-state index contributed by atoms with van der Waals surface area (Å²) in [5, 5.41) is 2.69. The number of thioether (sulfide) groups is 3. The van der Waals surface area contributed by atoms with Crippen LogP contribution in [0.2, 0.25) is 0 Å². The van der Waals surface area contributed by atoms with Crippen LogP contribution in [0.15, 0.2) is 30.3 Å². The number of quaternary nitrogens is 2. The number of nitrogens with one attached hydrogen (secondary N) is 1. The lowest BCUT2D eigenvalue weighted by Gasteiger charge is -2.30. The second-order valence-corrected chi connectivity index (χ2v) is 25.8. The number of likely N-dealkylation sites (N-methyl/N-ethyl adjacent to an activating group) is 2. The third-order valence-electron chi connectivity index (χ3n) is 12.0. The molecule has 0 spiro atoms. The molecule has 15 nitrogen and oxygen atoms in total. The highest BCUT2D eigenvalue weighted by Gasteiger charge is 2.39. The Morgan fingerprint density at radius 1 is 0.817 bits per heavy atom. The van der Waals surface area contributed by atoms with Crippen LogP contribution in [0.25, 0.3) is 0 Å². The van der Waals surface area contributed by atoms with E-state index >= 15 is 0 Å². The van der Waals surface area contributed by atoms with E-state index in [0.717, 1.165) is 42.9 Å². The van der Waals surface area contributed by atoms with E-state index in [1.807, 2.05) is 74.0 Å². The first-order valence-electron chi connectivity index (χ1n) is 25.0. The molecule has 1 aromatic rings. The van der Waals surface area contributed by atoms with Crippen LogP contribution in [-0.2, 0) is 52.5 Å². The van der Waals surface area contributed by atoms with Crippen molar-refractivity contribution in [2.75, 3.05) is 99.9 Å². The van der Waals surface area contributed by atoms with Gasteiger partial charge in [-0.3, -0.25) is 38.5 Å². The molecule has 0 saturated carbocycles. The number of imide groups is 1. The normalized spacial score (nSPS) is 16.2. The number of likely N-dealkylation sites (tertiary alicyclic amines) is 1. The van der Waals surface area contributed by atoms with Gasteiger partial charge in [-0.2, -0.15) is 0 Å². The number of esters is 4. The van der Waals surface area contributed by atoms with Gasteiger partial charge in [0.25, 0.3) is 0 Å². The number of carbonyl (C=O) groups is 7. The summed E-state index contributed by atoms with van der Waals surface area (Å²) in [7, 11) is 11.5. The second-order valence-electron chi connectivity index (χ2n) is 20.8. The minimum atomic E-state index is -0.752. The molecule has 3 amide bonds. The second kappa shape index (κ2) is 32.8. The first kappa shape index (κ1) is 65.8. The highest BCUT2D eigenvalue weighted by Crippen LogP contribution is 2.41. The van der Waals surface area contributed by atoms with Gasteiger partial charge in [-0.05, 0) is 83.8 Å². The Balaban J connectivity index is 0.000000759. The van der Waals surface area contributed by atoms with Crippen molar-refractivity contribution in [3.05, 3.63) is 35.9 Å². The van der Waals surface area contributed by atoms with E-state index in [2.05, 4.69) is 45.4 Å². The Bertz CT molecular complexity index is 1860. The van der Waals surface area contributed by atoms with Crippen molar-refractivity contribution in [1.29, 1.82) is 0 Å². The number of hydrogen-bond donors (Lipinski definition) is 1. The Labute approximate surface area is 444 Å². The first-order chi connectivity index (χ1) is 33.1. The third-order valence-corrected chi connectivity index (χ3v) is 16.1. The standard InChI is InChI=1S/C30H55N3O8S.C22H33NO3S3/c1-10-18-42-25-21-26(34)31(27(25)35)12-15-39-28(36)22(3)19-24(30(38)41-16-13-32(5,6)7)20-23(4)29(37)40-17-14-33(8,9)11-2;1-7-28-21(27)29-18(16-11-9-8-10-12-16)13-17(19(24)23-15(2)3)14-22(4,5)20(25)26-6/h22-25H,10-21H2,1-9H3;8-12,15,17-18H,7,13-14H2,1-6H3,(H,23,24)/q+2;. The molecule has 0 radical (unpaired) electrons. The lowest BCUT2D eigenvalue weighted by molar-refractivity contribution is -0.888. The van der Waals surface area contributed by atoms with Gasteiger partial charge in [-0.1, -0.05) is 82.0 Å². The molecule has 1 fully saturated rings. The number of methoxy groups -OCH3 is 1. The summed E-state index contributed by atoms with van der Waals surface area (Å²) in [5.74, 6) is -2.77. The van der Waals surface area contributed by atoms with E-state index in [1.54, 1.807) is 37.4 Å². The van der Waals surface area contributed by atoms with E-state index < -0.39 is 35.1 Å². The maximum Gasteiger partial charge on any atom is 0.311 e. The molecular formula is C52H88N4O11S4+2. The molecule has 1 N–H and O–H groups in total. The smallest absolute Gasteiger partial charge is 0.311 e. The molecule has 1 aliphatic heterocycles. The van der Waals surface area contributed by atoms with Crippen LogP contribution in [0, 0.1) is 29.1 Å². The van der Waals surface area contributed by atoms with Gasteiger partial charge in [0, 0.05) is 23.6 Å². The lowest BCUT2D eigenvalue weighted by Crippen LogP contribution is -2.42. The van der Waals surface area contributed by atoms with Crippen molar-refractivity contribution in [2.24, 2.45) is 29.1 Å². The monoisotopic (exact) mass is 1070 g/mol. The number of hydrogen-bond acceptors (Lipinski definition) is 15. The van der Waals surface area contributed by atoms with Gasteiger partial charge in [0.15, 0.2) is 0 Å². The van der Waals surface area contributed by atoms with Crippen molar-refractivity contribution in [3.63, 3.8) is 0 Å². The predicted molar refractivity (Wildman–Crippen MR) is 292 cm³/mol. The molecule has 404 valence electrons. The first-order valence-corrected chi connectivity index (χ1v) is 28.3. The molecular weight excluding hydrogens is 985 g/mol. The maximum absolute atomic E-state index is 13.1. The van der Waals surface area contributed by atoms with E-state index in [-0.39, 0.29) is 97.7 Å². The van der Waals surface area contributed by atoms with Gasteiger partial charge in [-0.15, -0.1) is 23.5 Å². The Morgan fingerprint density at radius 3 is 1.90 bits per heavy atom. The molecule has 1 heterocycles. The topological polar surface area (TPSA) is 172 Å². The van der Waals surface area contributed by atoms with Crippen LogP contribution in [-0.4, -0.2) is 170 Å². The van der Waals surface area contributed by atoms with Crippen molar-refractivity contribution >= 4 is 92.6 Å². The average Bonchev–Trinajstić information content (AvgIpc) is 3.56. The highest BCUT2D eigenvalue weighted by atomic mass is 32.2. The summed E-state index contributed by atoms with van der Waals surface area (Å²) in [6.45, 7) is 19.7. The van der Waals surface area contributed by atoms with Crippen LogP contribution in [0.3, 0.4) is 0 Å². The van der Waals surface area contributed by atoms with Gasteiger partial charge < -0.3 is 33.2 Å². The SMILES string of the molecule is CCCSC1CC(=O)N(CCOC(=O)C(C)CC(CC(C)C(=O)OCC[N+](C)(C)CC)C(=O)OCC[N+](C)(C)C)C1=O.CCSC(=S)SC(CC(CC(C)(C)C(=O)OC)C(=O)NC(C)C)c1ccccc1. The molecule has 1 aromatic carbocycles. The Hall–Kier alpha value is -3.23. The lowest BCUT2D eigenvalue weighted by atomic mass is 9.80. The summed E-state index contributed by atoms with van der Waals surface area (Å²) in [5.41, 5.74) is 0.382. The molecule has 1 saturated heterocycles. The zero-order chi connectivity index (χ0) is 54.1. The zero-order valence-corrected chi connectivity index (χ0v) is 48.8. The predicted octanol–water partition coefficient (Wildman–Crippen LogP) is 7.98. The van der Waals surface area contributed by atoms with Crippen LogP contribution in [0.1, 0.15) is 112 Å². The molecule has 6 unspecified atom stereocenters. The van der Waals surface area contributed by atoms with Crippen molar-refractivity contribution < 1.29 is 61.5 Å². The van der Waals surface area contributed by atoms with Crippen LogP contribution in [0.4, 0.5) is 0 Å². The van der Waals surface area contributed by atoms with Gasteiger partial charge in [-0.25, -0.2) is 0 Å². The van der Waals surface area contributed by atoms with E-state index in [0.29, 0.717) is 30.4 Å². The number of thiocarbonyl (C=S) groups is 1. The maximum atomic E-state index is 13.1. The minimum absolute atomic E-state index is 0.00621. The summed E-state index contributed by atoms with van der Waals surface area (Å²) in [6.07, 6.45) is 2.41. The molecule has 71 heavy (non-hydrogen) atoms. The molecule has 2 rings (SSSR count). The zero-order valence-electron chi connectivity index (χ0n) is 45.5. The summed E-state index contributed by atoms with van der Waals surface area (Å²) >= 11 is 10.3. The van der Waals surface area contributed by atoms with Crippen molar-refractivity contribution in [2.45, 2.75) is 117 Å². The Kier molecular flexibility index (Phi) is 30.4. The summed E-state index contributed by atoms with van der Waals surface area (Å²) in [6, 6.07) is 10.2. The van der Waals surface area contributed by atoms with Gasteiger partial charge >= 0.3 is 23.9 Å². The number of amides is 3. The van der Waals surface area contributed by atoms with E-state index in [1.165, 1.54) is 18.9 Å². The Morgan fingerprint density at radius 2 is 1.38 bits per heavy atom. The number of carbonyl (C=O) groups excluding carboxylic acids is 7. The fourth-order valence-corrected chi connectivity index (χ4v) is 11.1. The fraction of sp³-hybridized carbons (Fsp3) is 0.731. The molecule has 6 atom stereocenters. The number of ether oxygens (including phenoxy) is 4. The third kappa shape index (κ3) is 26.0. The number of rotatable bonds is 30. The van der Waals surface area contributed by atoms with Gasteiger partial charge in [0.05, 0.1) is 83.9 Å². The highest BCUT2D eigenvalue weighted by molar-refractivity contribution is 8.47. The average molecular weight is 1070 g/mol. The van der Waals surface area contributed by atoms with Crippen molar-refractivity contribution in [3.8, 4) is 0 Å². The summed E-state index contributed by atoms with van der Waals surface area (Å²) < 4.78 is 23.6. The summed E-state index contributed by atoms with van der Waals surface area (Å²) in [4.78, 5) is 89.8. The minimum Gasteiger partial charge on any atom is -0.469 e. The fourth-order valence-electron chi connectivity index (χ4n) is 7.33. The molecule has 1 aliphatic rings. The largest absolute Gasteiger partial charge is 0.469 e. The van der Waals surface area contributed by atoms with E-state index in [4.69, 9.17) is 31.2 Å². The van der Waals surface area contributed by atoms with E-state index in [9.17, 15) is 33.6 Å². The van der Waals surface area contributed by atoms with Crippen LogP contribution in [0.5, 0.6) is 0 Å². The molecule has 0 aliphatic carbocycles. The quantitative estimate of drug-likeness (QED) is 0.0258.